The van der Waals surface area contributed by atoms with E-state index in [4.69, 9.17) is 0 Å². The van der Waals surface area contributed by atoms with E-state index in [0.29, 0.717) is 35.2 Å². The number of aromatic amines is 1. The number of rotatable bonds is 1. The maximum Gasteiger partial charge on any atom is 0.256 e. The molecule has 3 rings (SSSR count). The first kappa shape index (κ1) is 17.2. The molecule has 1 saturated heterocycles. The van der Waals surface area contributed by atoms with Crippen LogP contribution in [0.4, 0.5) is 0 Å². The molecule has 2 aromatic rings. The number of nitrogens with zero attached hydrogens (tertiary/aromatic N) is 2. The standard InChI is InChI=1S/C18H21N3O4/c1-11-8-16(24)14-4-3-5-15(17(14)19-11)18(25)21-7-6-20(12(2)22)9-13(23)10-21/h3-5,8,13,23H,6-7,9-10H2,1-2H3,(H,19,24)/t13-/m0/s1. The van der Waals surface area contributed by atoms with Gasteiger partial charge in [-0.1, -0.05) is 6.07 Å². The van der Waals surface area contributed by atoms with Gasteiger partial charge in [0.2, 0.25) is 5.91 Å². The van der Waals surface area contributed by atoms with Crippen LogP contribution in [0.3, 0.4) is 0 Å². The van der Waals surface area contributed by atoms with Gasteiger partial charge in [-0.2, -0.15) is 0 Å². The summed E-state index contributed by atoms with van der Waals surface area (Å²) in [5.41, 5.74) is 1.43. The third kappa shape index (κ3) is 3.41. The van der Waals surface area contributed by atoms with Crippen molar-refractivity contribution in [3.05, 3.63) is 45.7 Å². The Hall–Kier alpha value is -2.67. The number of carbonyl (C=O) groups excluding carboxylic acids is 2. The lowest BCUT2D eigenvalue weighted by molar-refractivity contribution is -0.129. The summed E-state index contributed by atoms with van der Waals surface area (Å²) in [7, 11) is 0. The summed E-state index contributed by atoms with van der Waals surface area (Å²) in [6.45, 7) is 4.28. The highest BCUT2D eigenvalue weighted by Gasteiger charge is 2.27. The van der Waals surface area contributed by atoms with E-state index in [1.807, 2.05) is 0 Å². The molecule has 7 heteroatoms. The summed E-state index contributed by atoms with van der Waals surface area (Å²) in [4.78, 5) is 42.9. The Morgan fingerprint density at radius 3 is 2.60 bits per heavy atom. The summed E-state index contributed by atoms with van der Waals surface area (Å²) in [6.07, 6.45) is -0.800. The fourth-order valence-corrected chi connectivity index (χ4v) is 3.21. The highest BCUT2D eigenvalue weighted by atomic mass is 16.3. The van der Waals surface area contributed by atoms with Crippen molar-refractivity contribution in [2.24, 2.45) is 0 Å². The molecule has 1 aromatic carbocycles. The van der Waals surface area contributed by atoms with Gasteiger partial charge >= 0.3 is 0 Å². The van der Waals surface area contributed by atoms with Crippen LogP contribution >= 0.6 is 0 Å². The van der Waals surface area contributed by atoms with Crippen LogP contribution in [0, 0.1) is 6.92 Å². The molecule has 7 nitrogen and oxygen atoms in total. The third-order valence-corrected chi connectivity index (χ3v) is 4.46. The minimum absolute atomic E-state index is 0.126. The Labute approximate surface area is 144 Å². The molecule has 0 spiro atoms. The van der Waals surface area contributed by atoms with Gasteiger partial charge in [-0.25, -0.2) is 0 Å². The van der Waals surface area contributed by atoms with Crippen molar-refractivity contribution in [1.29, 1.82) is 0 Å². The van der Waals surface area contributed by atoms with E-state index >= 15 is 0 Å². The quantitative estimate of drug-likeness (QED) is 0.788. The van der Waals surface area contributed by atoms with Crippen molar-refractivity contribution in [3.8, 4) is 0 Å². The van der Waals surface area contributed by atoms with Gasteiger partial charge in [0.05, 0.1) is 17.2 Å². The van der Waals surface area contributed by atoms with Crippen molar-refractivity contribution in [2.45, 2.75) is 20.0 Å². The molecular weight excluding hydrogens is 322 g/mol. The number of amides is 2. The second-order valence-electron chi connectivity index (χ2n) is 6.41. The van der Waals surface area contributed by atoms with Gasteiger partial charge in [0.15, 0.2) is 5.43 Å². The van der Waals surface area contributed by atoms with E-state index in [1.165, 1.54) is 22.8 Å². The van der Waals surface area contributed by atoms with Gasteiger partial charge in [0.1, 0.15) is 0 Å². The number of nitrogens with one attached hydrogen (secondary N) is 1. The lowest BCUT2D eigenvalue weighted by atomic mass is 10.1. The van der Waals surface area contributed by atoms with Gasteiger partial charge < -0.3 is 19.9 Å². The Morgan fingerprint density at radius 2 is 1.88 bits per heavy atom. The number of hydrogen-bond acceptors (Lipinski definition) is 4. The highest BCUT2D eigenvalue weighted by Crippen LogP contribution is 2.17. The van der Waals surface area contributed by atoms with Crippen molar-refractivity contribution in [3.63, 3.8) is 0 Å². The van der Waals surface area contributed by atoms with Gasteiger partial charge in [-0.15, -0.1) is 0 Å². The van der Waals surface area contributed by atoms with E-state index in [1.54, 1.807) is 25.1 Å². The van der Waals surface area contributed by atoms with Crippen molar-refractivity contribution >= 4 is 22.7 Å². The Kier molecular flexibility index (Phi) is 4.59. The van der Waals surface area contributed by atoms with Gasteiger partial charge in [0, 0.05) is 50.2 Å². The molecule has 0 saturated carbocycles. The molecule has 2 heterocycles. The van der Waals surface area contributed by atoms with Crippen LogP contribution in [0.1, 0.15) is 23.0 Å². The van der Waals surface area contributed by atoms with Crippen molar-refractivity contribution < 1.29 is 14.7 Å². The molecular formula is C18H21N3O4. The molecule has 0 unspecified atom stereocenters. The number of carbonyl (C=O) groups is 2. The first-order valence-corrected chi connectivity index (χ1v) is 8.22. The summed E-state index contributed by atoms with van der Waals surface area (Å²) >= 11 is 0. The zero-order valence-corrected chi connectivity index (χ0v) is 14.3. The maximum absolute atomic E-state index is 13.0. The fraction of sp³-hybridized carbons (Fsp3) is 0.389. The Morgan fingerprint density at radius 1 is 1.20 bits per heavy atom. The fourth-order valence-electron chi connectivity index (χ4n) is 3.21. The summed E-state index contributed by atoms with van der Waals surface area (Å²) in [5, 5.41) is 10.6. The smallest absolute Gasteiger partial charge is 0.256 e. The molecule has 2 amide bonds. The van der Waals surface area contributed by atoms with Gasteiger partial charge in [-0.3, -0.25) is 14.4 Å². The Balaban J connectivity index is 1.97. The minimum atomic E-state index is -0.800. The van der Waals surface area contributed by atoms with E-state index in [2.05, 4.69) is 4.98 Å². The molecule has 1 aliphatic heterocycles. The molecule has 1 fully saturated rings. The second kappa shape index (κ2) is 6.68. The number of aryl methyl sites for hydroxylation is 1. The molecule has 0 aliphatic carbocycles. The van der Waals surface area contributed by atoms with Crippen LogP contribution in [-0.2, 0) is 4.79 Å². The predicted molar refractivity (Wildman–Crippen MR) is 93.5 cm³/mol. The predicted octanol–water partition coefficient (Wildman–Crippen LogP) is 0.502. The first-order valence-electron chi connectivity index (χ1n) is 8.22. The van der Waals surface area contributed by atoms with Crippen molar-refractivity contribution in [2.75, 3.05) is 26.2 Å². The number of aliphatic hydroxyl groups excluding tert-OH is 1. The zero-order chi connectivity index (χ0) is 18.1. The van der Waals surface area contributed by atoms with Gasteiger partial charge in [0.25, 0.3) is 5.91 Å². The third-order valence-electron chi connectivity index (χ3n) is 4.46. The Bertz CT molecular complexity index is 890. The van der Waals surface area contributed by atoms with Crippen LogP contribution in [0.5, 0.6) is 0 Å². The lowest BCUT2D eigenvalue weighted by Gasteiger charge is -2.22. The lowest BCUT2D eigenvalue weighted by Crippen LogP contribution is -2.38. The number of pyridine rings is 1. The van der Waals surface area contributed by atoms with E-state index in [0.717, 1.165) is 0 Å². The molecule has 1 aliphatic rings. The maximum atomic E-state index is 13.0. The number of aliphatic hydroxyl groups is 1. The average molecular weight is 343 g/mol. The van der Waals surface area contributed by atoms with E-state index in [-0.39, 0.29) is 30.3 Å². The molecule has 25 heavy (non-hydrogen) atoms. The second-order valence-corrected chi connectivity index (χ2v) is 6.41. The molecule has 2 N–H and O–H groups in total. The normalized spacial score (nSPS) is 18.3. The monoisotopic (exact) mass is 343 g/mol. The number of aromatic nitrogens is 1. The highest BCUT2D eigenvalue weighted by molar-refractivity contribution is 6.05. The number of H-pyrrole nitrogens is 1. The molecule has 132 valence electrons. The zero-order valence-electron chi connectivity index (χ0n) is 14.3. The number of para-hydroxylation sites is 1. The summed E-state index contributed by atoms with van der Waals surface area (Å²) in [6, 6.07) is 6.52. The number of hydrogen-bond donors (Lipinski definition) is 2. The van der Waals surface area contributed by atoms with Crippen LogP contribution in [0.25, 0.3) is 10.9 Å². The average Bonchev–Trinajstić information content (AvgIpc) is 2.75. The largest absolute Gasteiger partial charge is 0.389 e. The number of benzene rings is 1. The van der Waals surface area contributed by atoms with Crippen molar-refractivity contribution in [1.82, 2.24) is 14.8 Å². The number of fused-ring (bicyclic) bond motifs is 1. The minimum Gasteiger partial charge on any atom is -0.389 e. The molecule has 0 radical (unpaired) electrons. The summed E-state index contributed by atoms with van der Waals surface area (Å²) in [5.74, 6) is -0.394. The SMILES string of the molecule is CC(=O)N1CCN(C(=O)c2cccc3c(=O)cc(C)[nH]c23)C[C@@H](O)C1. The molecule has 1 aromatic heterocycles. The van der Waals surface area contributed by atoms with Crippen LogP contribution in [0.2, 0.25) is 0 Å². The van der Waals surface area contributed by atoms with Crippen LogP contribution < -0.4 is 5.43 Å². The molecule has 0 bridgehead atoms. The van der Waals surface area contributed by atoms with E-state index < -0.39 is 6.10 Å². The van der Waals surface area contributed by atoms with Crippen LogP contribution in [0.15, 0.2) is 29.1 Å². The topological polar surface area (TPSA) is 93.7 Å². The molecule has 1 atom stereocenters. The summed E-state index contributed by atoms with van der Waals surface area (Å²) < 4.78 is 0. The van der Waals surface area contributed by atoms with E-state index in [9.17, 15) is 19.5 Å². The first-order chi connectivity index (χ1) is 11.9. The van der Waals surface area contributed by atoms with Gasteiger partial charge in [-0.05, 0) is 19.1 Å². The van der Waals surface area contributed by atoms with Crippen LogP contribution in [-0.4, -0.2) is 64.0 Å². The number of β-amino-alcohol motifs (C(OH)–C–C–N with tert-alkyl or cyclic N) is 1.